The van der Waals surface area contributed by atoms with Crippen LogP contribution in [-0.2, 0) is 0 Å². The zero-order valence-corrected chi connectivity index (χ0v) is 13.1. The Morgan fingerprint density at radius 2 is 1.86 bits per heavy atom. The van der Waals surface area contributed by atoms with E-state index in [4.69, 9.17) is 4.42 Å². The molecule has 0 aliphatic rings. The average Bonchev–Trinajstić information content (AvgIpc) is 3.02. The van der Waals surface area contributed by atoms with Gasteiger partial charge in [-0.15, -0.1) is 0 Å². The third-order valence-corrected chi connectivity index (χ3v) is 3.76. The van der Waals surface area contributed by atoms with Crippen LogP contribution in [0.5, 0.6) is 0 Å². The fourth-order valence-corrected chi connectivity index (χ4v) is 2.50. The average molecular weight is 286 g/mol. The minimum absolute atomic E-state index is 0.516. The van der Waals surface area contributed by atoms with Crippen molar-refractivity contribution in [2.75, 3.05) is 5.32 Å². The molecule has 0 aliphatic carbocycles. The molecule has 2 rings (SSSR count). The summed E-state index contributed by atoms with van der Waals surface area (Å²) in [5.74, 6) is 0.811. The van der Waals surface area contributed by atoms with Gasteiger partial charge in [0.15, 0.2) is 12.2 Å². The summed E-state index contributed by atoms with van der Waals surface area (Å²) in [6.07, 6.45) is 11.1. The lowest BCUT2D eigenvalue weighted by atomic mass is 10.1. The van der Waals surface area contributed by atoms with E-state index in [9.17, 15) is 0 Å². The third kappa shape index (κ3) is 5.25. The molecule has 0 bridgehead atoms. The van der Waals surface area contributed by atoms with E-state index in [2.05, 4.69) is 48.4 Å². The van der Waals surface area contributed by atoms with Gasteiger partial charge in [-0.1, -0.05) is 39.0 Å². The number of hydrogen-bond acceptors (Lipinski definition) is 3. The highest BCUT2D eigenvalue weighted by Crippen LogP contribution is 2.21. The second-order valence-electron chi connectivity index (χ2n) is 5.69. The number of aromatic nitrogens is 1. The summed E-state index contributed by atoms with van der Waals surface area (Å²) < 4.78 is 5.29. The molecule has 0 amide bonds. The Hall–Kier alpha value is -1.77. The maximum absolute atomic E-state index is 5.29. The first-order valence-corrected chi connectivity index (χ1v) is 8.05. The van der Waals surface area contributed by atoms with Crippen LogP contribution in [0.25, 0.3) is 11.3 Å². The predicted octanol–water partition coefficient (Wildman–Crippen LogP) is 5.50. The number of hydrogen-bond donors (Lipinski definition) is 1. The SMILES string of the molecule is CCCCCCCC(C)Nc1ccc(-c2cnco2)cc1. The Balaban J connectivity index is 1.75. The second kappa shape index (κ2) is 8.50. The maximum atomic E-state index is 5.29. The molecular formula is C18H26N2O. The summed E-state index contributed by atoms with van der Waals surface area (Å²) in [5.41, 5.74) is 2.23. The van der Waals surface area contributed by atoms with Crippen LogP contribution in [-0.4, -0.2) is 11.0 Å². The first-order chi connectivity index (χ1) is 10.3. The normalized spacial score (nSPS) is 12.3. The first kappa shape index (κ1) is 15.6. The van der Waals surface area contributed by atoms with Gasteiger partial charge < -0.3 is 9.73 Å². The van der Waals surface area contributed by atoms with Crippen molar-refractivity contribution in [3.63, 3.8) is 0 Å². The lowest BCUT2D eigenvalue weighted by Gasteiger charge is -2.15. The molecular weight excluding hydrogens is 260 g/mol. The van der Waals surface area contributed by atoms with E-state index >= 15 is 0 Å². The van der Waals surface area contributed by atoms with E-state index in [1.54, 1.807) is 6.20 Å². The quantitative estimate of drug-likeness (QED) is 0.618. The minimum Gasteiger partial charge on any atom is -0.444 e. The summed E-state index contributed by atoms with van der Waals surface area (Å²) in [5, 5.41) is 3.56. The molecule has 0 saturated heterocycles. The largest absolute Gasteiger partial charge is 0.444 e. The van der Waals surface area contributed by atoms with Gasteiger partial charge in [-0.05, 0) is 37.6 Å². The molecule has 1 heterocycles. The second-order valence-corrected chi connectivity index (χ2v) is 5.69. The van der Waals surface area contributed by atoms with Crippen molar-refractivity contribution in [2.45, 2.75) is 58.4 Å². The van der Waals surface area contributed by atoms with Gasteiger partial charge in [-0.3, -0.25) is 0 Å². The Morgan fingerprint density at radius 1 is 1.10 bits per heavy atom. The maximum Gasteiger partial charge on any atom is 0.181 e. The highest BCUT2D eigenvalue weighted by Gasteiger charge is 2.04. The van der Waals surface area contributed by atoms with Crippen LogP contribution in [0.15, 0.2) is 41.3 Å². The summed E-state index contributed by atoms with van der Waals surface area (Å²) in [6, 6.07) is 8.85. The topological polar surface area (TPSA) is 38.1 Å². The molecule has 2 aromatic rings. The summed E-state index contributed by atoms with van der Waals surface area (Å²) >= 11 is 0. The van der Waals surface area contributed by atoms with Gasteiger partial charge >= 0.3 is 0 Å². The van der Waals surface area contributed by atoms with Crippen LogP contribution >= 0.6 is 0 Å². The van der Waals surface area contributed by atoms with Crippen molar-refractivity contribution >= 4 is 5.69 Å². The Labute approximate surface area is 127 Å². The van der Waals surface area contributed by atoms with E-state index in [1.165, 1.54) is 50.6 Å². The van der Waals surface area contributed by atoms with Crippen LogP contribution in [0, 0.1) is 0 Å². The Morgan fingerprint density at radius 3 is 2.52 bits per heavy atom. The van der Waals surface area contributed by atoms with Gasteiger partial charge in [0.1, 0.15) is 0 Å². The number of oxazole rings is 1. The van der Waals surface area contributed by atoms with Crippen LogP contribution in [0.4, 0.5) is 5.69 Å². The van der Waals surface area contributed by atoms with Crippen LogP contribution < -0.4 is 5.32 Å². The molecule has 1 aromatic carbocycles. The molecule has 0 radical (unpaired) electrons. The zero-order valence-electron chi connectivity index (χ0n) is 13.1. The molecule has 1 unspecified atom stereocenters. The van der Waals surface area contributed by atoms with Crippen molar-refractivity contribution < 1.29 is 4.42 Å². The van der Waals surface area contributed by atoms with Crippen molar-refractivity contribution in [1.29, 1.82) is 0 Å². The number of rotatable bonds is 9. The van der Waals surface area contributed by atoms with E-state index in [0.717, 1.165) is 11.3 Å². The van der Waals surface area contributed by atoms with E-state index < -0.39 is 0 Å². The van der Waals surface area contributed by atoms with E-state index in [1.807, 2.05) is 0 Å². The number of unbranched alkanes of at least 4 members (excludes halogenated alkanes) is 4. The van der Waals surface area contributed by atoms with E-state index in [-0.39, 0.29) is 0 Å². The van der Waals surface area contributed by atoms with Crippen molar-refractivity contribution in [1.82, 2.24) is 4.98 Å². The fraction of sp³-hybridized carbons (Fsp3) is 0.500. The van der Waals surface area contributed by atoms with Gasteiger partial charge in [-0.2, -0.15) is 0 Å². The van der Waals surface area contributed by atoms with Gasteiger partial charge in [0.05, 0.1) is 6.20 Å². The highest BCUT2D eigenvalue weighted by atomic mass is 16.3. The van der Waals surface area contributed by atoms with Crippen molar-refractivity contribution in [2.24, 2.45) is 0 Å². The smallest absolute Gasteiger partial charge is 0.181 e. The van der Waals surface area contributed by atoms with Crippen LogP contribution in [0.1, 0.15) is 52.4 Å². The van der Waals surface area contributed by atoms with E-state index in [0.29, 0.717) is 6.04 Å². The lowest BCUT2D eigenvalue weighted by molar-refractivity contribution is 0.572. The number of benzene rings is 1. The zero-order chi connectivity index (χ0) is 14.9. The van der Waals surface area contributed by atoms with Gasteiger partial charge in [-0.25, -0.2) is 4.98 Å². The first-order valence-electron chi connectivity index (χ1n) is 8.05. The summed E-state index contributed by atoms with van der Waals surface area (Å²) in [7, 11) is 0. The monoisotopic (exact) mass is 286 g/mol. The molecule has 0 saturated carbocycles. The molecule has 21 heavy (non-hydrogen) atoms. The summed E-state index contributed by atoms with van der Waals surface area (Å²) in [4.78, 5) is 3.94. The molecule has 1 atom stereocenters. The molecule has 3 heteroatoms. The highest BCUT2D eigenvalue weighted by molar-refractivity contribution is 5.60. The van der Waals surface area contributed by atoms with Crippen LogP contribution in [0.2, 0.25) is 0 Å². The molecule has 3 nitrogen and oxygen atoms in total. The number of nitrogens with one attached hydrogen (secondary N) is 1. The molecule has 0 aliphatic heterocycles. The molecule has 114 valence electrons. The Kier molecular flexibility index (Phi) is 6.32. The fourth-order valence-electron chi connectivity index (χ4n) is 2.50. The number of nitrogens with zero attached hydrogens (tertiary/aromatic N) is 1. The molecule has 0 spiro atoms. The van der Waals surface area contributed by atoms with Gasteiger partial charge in [0.2, 0.25) is 0 Å². The minimum atomic E-state index is 0.516. The lowest BCUT2D eigenvalue weighted by Crippen LogP contribution is -2.14. The predicted molar refractivity (Wildman–Crippen MR) is 88.4 cm³/mol. The van der Waals surface area contributed by atoms with Crippen molar-refractivity contribution in [3.8, 4) is 11.3 Å². The Bertz CT molecular complexity index is 490. The molecule has 1 N–H and O–H groups in total. The standard InChI is InChI=1S/C18H26N2O/c1-3-4-5-6-7-8-15(2)20-17-11-9-16(10-12-17)18-13-19-14-21-18/h9-15,20H,3-8H2,1-2H3. The van der Waals surface area contributed by atoms with Crippen molar-refractivity contribution in [3.05, 3.63) is 36.9 Å². The summed E-state index contributed by atoms with van der Waals surface area (Å²) in [6.45, 7) is 4.51. The molecule has 0 fully saturated rings. The van der Waals surface area contributed by atoms with Gasteiger partial charge in [0.25, 0.3) is 0 Å². The number of anilines is 1. The third-order valence-electron chi connectivity index (χ3n) is 3.76. The van der Waals surface area contributed by atoms with Crippen LogP contribution in [0.3, 0.4) is 0 Å². The molecule has 1 aromatic heterocycles. The van der Waals surface area contributed by atoms with Gasteiger partial charge in [0, 0.05) is 17.3 Å².